The highest BCUT2D eigenvalue weighted by Gasteiger charge is 2.33. The molecule has 0 aromatic heterocycles. The maximum Gasteiger partial charge on any atom is 0.220 e. The molecule has 0 spiro atoms. The highest BCUT2D eigenvalue weighted by atomic mass is 16.6. The Bertz CT molecular complexity index is 1150. The molecule has 8 nitrogen and oxygen atoms in total. The van der Waals surface area contributed by atoms with Crippen molar-refractivity contribution in [2.75, 3.05) is 40.0 Å². The Labute approximate surface area is 243 Å². The van der Waals surface area contributed by atoms with Crippen molar-refractivity contribution in [1.82, 2.24) is 10.2 Å². The Balaban J connectivity index is 1.14. The van der Waals surface area contributed by atoms with E-state index in [2.05, 4.69) is 10.2 Å². The summed E-state index contributed by atoms with van der Waals surface area (Å²) in [6, 6.07) is 12.3. The monoisotopic (exact) mass is 564 g/mol. The van der Waals surface area contributed by atoms with Crippen LogP contribution in [-0.4, -0.2) is 67.7 Å². The van der Waals surface area contributed by atoms with E-state index in [9.17, 15) is 14.7 Å². The molecule has 1 aliphatic heterocycles. The molecule has 2 aromatic rings. The molecule has 2 aromatic carbocycles. The smallest absolute Gasteiger partial charge is 0.220 e. The second-order valence-corrected chi connectivity index (χ2v) is 11.8. The summed E-state index contributed by atoms with van der Waals surface area (Å²) in [5, 5.41) is 14.7. The molecule has 222 valence electrons. The van der Waals surface area contributed by atoms with Gasteiger partial charge in [0.2, 0.25) is 5.91 Å². The first-order valence-electron chi connectivity index (χ1n) is 15.2. The molecule has 2 N–H and O–H groups in total. The zero-order valence-corrected chi connectivity index (χ0v) is 24.2. The standard InChI is InChI=1S/C33H44N2O6/c1-39-27-14-11-25(12-15-27)29(36)5-3-2-4-6-32(37)34-28(22-35(20-23-7-8-23)21-24-9-10-24)33(38)26-13-16-30-31(19-26)41-18-17-40-30/h11-16,19,23-24,28,33,38H,2-10,17-18,20-22H2,1H3,(H,34,37)/t28-,33?/m1/s1. The summed E-state index contributed by atoms with van der Waals surface area (Å²) in [7, 11) is 1.60. The molecule has 3 aliphatic rings. The third-order valence-electron chi connectivity index (χ3n) is 8.24. The molecule has 2 fully saturated rings. The number of methoxy groups -OCH3 is 1. The minimum Gasteiger partial charge on any atom is -0.497 e. The first-order chi connectivity index (χ1) is 20.0. The fourth-order valence-corrected chi connectivity index (χ4v) is 5.48. The van der Waals surface area contributed by atoms with Crippen LogP contribution in [-0.2, 0) is 4.79 Å². The molecule has 2 saturated carbocycles. The number of carbonyl (C=O) groups excluding carboxylic acids is 2. The number of benzene rings is 2. The van der Waals surface area contributed by atoms with Gasteiger partial charge in [-0.15, -0.1) is 0 Å². The Morgan fingerprint density at radius 2 is 1.59 bits per heavy atom. The largest absolute Gasteiger partial charge is 0.497 e. The first-order valence-corrected chi connectivity index (χ1v) is 15.2. The van der Waals surface area contributed by atoms with Gasteiger partial charge in [-0.3, -0.25) is 9.59 Å². The van der Waals surface area contributed by atoms with Gasteiger partial charge in [0.05, 0.1) is 13.2 Å². The van der Waals surface area contributed by atoms with Crippen molar-refractivity contribution in [2.24, 2.45) is 11.8 Å². The maximum absolute atomic E-state index is 13.1. The van der Waals surface area contributed by atoms with Crippen LogP contribution in [0.3, 0.4) is 0 Å². The lowest BCUT2D eigenvalue weighted by Gasteiger charge is -2.32. The Morgan fingerprint density at radius 3 is 2.24 bits per heavy atom. The van der Waals surface area contributed by atoms with Gasteiger partial charge in [-0.1, -0.05) is 12.5 Å². The van der Waals surface area contributed by atoms with Crippen LogP contribution in [0.25, 0.3) is 0 Å². The van der Waals surface area contributed by atoms with Gasteiger partial charge in [-0.25, -0.2) is 0 Å². The molecule has 8 heteroatoms. The topological polar surface area (TPSA) is 97.3 Å². The van der Waals surface area contributed by atoms with Crippen LogP contribution in [0.5, 0.6) is 17.2 Å². The van der Waals surface area contributed by atoms with Crippen molar-refractivity contribution in [1.29, 1.82) is 0 Å². The van der Waals surface area contributed by atoms with E-state index in [0.29, 0.717) is 56.1 Å². The quantitative estimate of drug-likeness (QED) is 0.208. The third kappa shape index (κ3) is 8.94. The molecule has 1 heterocycles. The molecule has 0 saturated heterocycles. The van der Waals surface area contributed by atoms with Crippen molar-refractivity contribution in [3.8, 4) is 17.2 Å². The normalized spacial score (nSPS) is 17.6. The summed E-state index contributed by atoms with van der Waals surface area (Å²) in [5.74, 6) is 3.55. The van der Waals surface area contributed by atoms with E-state index in [1.807, 2.05) is 18.2 Å². The predicted molar refractivity (Wildman–Crippen MR) is 157 cm³/mol. The SMILES string of the molecule is COc1ccc(C(=O)CCCCCC(=O)N[C@H](CN(CC2CC2)CC2CC2)C(O)c2ccc3c(c2)OCCO3)cc1. The molecule has 2 aliphatic carbocycles. The van der Waals surface area contributed by atoms with Gasteiger partial charge in [-0.2, -0.15) is 0 Å². The number of fused-ring (bicyclic) bond motifs is 1. The Hall–Kier alpha value is -3.10. The molecule has 1 amide bonds. The highest BCUT2D eigenvalue weighted by Crippen LogP contribution is 2.36. The van der Waals surface area contributed by atoms with Crippen LogP contribution < -0.4 is 19.5 Å². The van der Waals surface area contributed by atoms with Crippen molar-refractivity contribution < 1.29 is 28.9 Å². The maximum atomic E-state index is 13.1. The summed E-state index contributed by atoms with van der Waals surface area (Å²) in [6.45, 7) is 3.66. The van der Waals surface area contributed by atoms with Crippen LogP contribution in [0.15, 0.2) is 42.5 Å². The summed E-state index contributed by atoms with van der Waals surface area (Å²) >= 11 is 0. The van der Waals surface area contributed by atoms with E-state index >= 15 is 0 Å². The van der Waals surface area contributed by atoms with Gasteiger partial charge in [0.1, 0.15) is 25.1 Å². The van der Waals surface area contributed by atoms with E-state index in [0.717, 1.165) is 49.1 Å². The number of hydrogen-bond acceptors (Lipinski definition) is 7. The van der Waals surface area contributed by atoms with Crippen LogP contribution in [0.2, 0.25) is 0 Å². The first kappa shape index (κ1) is 29.4. The molecule has 0 bridgehead atoms. The fraction of sp³-hybridized carbons (Fsp3) is 0.576. The zero-order valence-electron chi connectivity index (χ0n) is 24.2. The second kappa shape index (κ2) is 14.2. The van der Waals surface area contributed by atoms with Crippen molar-refractivity contribution in [2.45, 2.75) is 69.9 Å². The number of aliphatic hydroxyl groups excluding tert-OH is 1. The molecule has 0 radical (unpaired) electrons. The van der Waals surface area contributed by atoms with Crippen LogP contribution in [0.1, 0.15) is 79.8 Å². The highest BCUT2D eigenvalue weighted by molar-refractivity contribution is 5.96. The van der Waals surface area contributed by atoms with E-state index in [4.69, 9.17) is 14.2 Å². The number of rotatable bonds is 17. The summed E-state index contributed by atoms with van der Waals surface area (Å²) in [4.78, 5) is 28.0. The fourth-order valence-electron chi connectivity index (χ4n) is 5.48. The average Bonchev–Trinajstić information content (AvgIpc) is 3.94. The number of unbranched alkanes of at least 4 members (excludes halogenated alkanes) is 2. The second-order valence-electron chi connectivity index (χ2n) is 11.8. The number of hydrogen-bond donors (Lipinski definition) is 2. The zero-order chi connectivity index (χ0) is 28.6. The number of nitrogens with zero attached hydrogens (tertiary/aromatic N) is 1. The number of carbonyl (C=O) groups is 2. The van der Waals surface area contributed by atoms with Crippen LogP contribution in [0.4, 0.5) is 0 Å². The number of Topliss-reactive ketones (excluding diaryl/α,β-unsaturated/α-hetero) is 1. The number of nitrogens with one attached hydrogen (secondary N) is 1. The summed E-state index contributed by atoms with van der Waals surface area (Å²) in [6.07, 6.45) is 7.25. The molecule has 5 rings (SSSR count). The van der Waals surface area contributed by atoms with Gasteiger partial charge in [0.15, 0.2) is 17.3 Å². The van der Waals surface area contributed by atoms with E-state index in [1.165, 1.54) is 25.7 Å². The number of aliphatic hydroxyl groups is 1. The van der Waals surface area contributed by atoms with Gasteiger partial charge in [0.25, 0.3) is 0 Å². The number of ether oxygens (including phenoxy) is 3. The summed E-state index contributed by atoms with van der Waals surface area (Å²) < 4.78 is 16.6. The summed E-state index contributed by atoms with van der Waals surface area (Å²) in [5.41, 5.74) is 1.40. The Kier molecular flexibility index (Phi) is 10.2. The minimum absolute atomic E-state index is 0.0640. The molecule has 41 heavy (non-hydrogen) atoms. The van der Waals surface area contributed by atoms with Gasteiger partial charge < -0.3 is 29.5 Å². The molecule has 2 atom stereocenters. The molecular weight excluding hydrogens is 520 g/mol. The van der Waals surface area contributed by atoms with Crippen LogP contribution >= 0.6 is 0 Å². The lowest BCUT2D eigenvalue weighted by Crippen LogP contribution is -2.48. The number of amides is 1. The van der Waals surface area contributed by atoms with Gasteiger partial charge >= 0.3 is 0 Å². The van der Waals surface area contributed by atoms with Crippen molar-refractivity contribution >= 4 is 11.7 Å². The lowest BCUT2D eigenvalue weighted by molar-refractivity contribution is -0.123. The predicted octanol–water partition coefficient (Wildman–Crippen LogP) is 4.94. The van der Waals surface area contributed by atoms with E-state index < -0.39 is 12.1 Å². The van der Waals surface area contributed by atoms with Gasteiger partial charge in [0, 0.05) is 38.0 Å². The third-order valence-corrected chi connectivity index (χ3v) is 8.24. The van der Waals surface area contributed by atoms with Crippen LogP contribution in [0, 0.1) is 11.8 Å². The molecular formula is C33H44N2O6. The van der Waals surface area contributed by atoms with Crippen molar-refractivity contribution in [3.05, 3.63) is 53.6 Å². The molecule has 1 unspecified atom stereocenters. The lowest BCUT2D eigenvalue weighted by atomic mass is 10.00. The average molecular weight is 565 g/mol. The van der Waals surface area contributed by atoms with E-state index in [1.54, 1.807) is 31.4 Å². The number of ketones is 1. The minimum atomic E-state index is -0.863. The van der Waals surface area contributed by atoms with E-state index in [-0.39, 0.29) is 11.7 Å². The van der Waals surface area contributed by atoms with Crippen molar-refractivity contribution in [3.63, 3.8) is 0 Å². The Morgan fingerprint density at radius 1 is 0.927 bits per heavy atom. The van der Waals surface area contributed by atoms with Gasteiger partial charge in [-0.05, 0) is 92.3 Å².